The molecule has 0 amide bonds. The van der Waals surface area contributed by atoms with Gasteiger partial charge in [-0.25, -0.2) is 0 Å². The van der Waals surface area contributed by atoms with Crippen LogP contribution in [0.4, 0.5) is 11.4 Å². The zero-order chi connectivity index (χ0) is 18.5. The Morgan fingerprint density at radius 3 is 2.54 bits per heavy atom. The van der Waals surface area contributed by atoms with Crippen molar-refractivity contribution >= 4 is 56.2 Å². The molecule has 0 saturated carbocycles. The van der Waals surface area contributed by atoms with Crippen LogP contribution in [0, 0.1) is 0 Å². The lowest BCUT2D eigenvalue weighted by molar-refractivity contribution is 0.122. The molecule has 7 heteroatoms. The molecule has 1 heterocycles. The van der Waals surface area contributed by atoms with Crippen LogP contribution in [-0.2, 0) is 4.74 Å². The predicted molar refractivity (Wildman–Crippen MR) is 116 cm³/mol. The molecule has 2 aromatic carbocycles. The number of hydrogen-bond donors (Lipinski definition) is 2. The number of morpholine rings is 1. The Labute approximate surface area is 173 Å². The molecule has 0 radical (unpaired) electrons. The van der Waals surface area contributed by atoms with Gasteiger partial charge in [-0.1, -0.05) is 23.7 Å². The van der Waals surface area contributed by atoms with E-state index >= 15 is 0 Å². The molecule has 138 valence electrons. The van der Waals surface area contributed by atoms with E-state index < -0.39 is 0 Å². The summed E-state index contributed by atoms with van der Waals surface area (Å²) in [7, 11) is 0. The van der Waals surface area contributed by atoms with Crippen LogP contribution in [-0.4, -0.2) is 31.4 Å². The lowest BCUT2D eigenvalue weighted by atomic mass is 10.1. The minimum absolute atomic E-state index is 0.0969. The minimum atomic E-state index is 0.0969. The number of ether oxygens (including phenoxy) is 1. The summed E-state index contributed by atoms with van der Waals surface area (Å²) in [5.74, 6) is 0. The smallest absolute Gasteiger partial charge is 0.171 e. The van der Waals surface area contributed by atoms with Gasteiger partial charge in [0.2, 0.25) is 0 Å². The van der Waals surface area contributed by atoms with E-state index in [1.54, 1.807) is 0 Å². The maximum absolute atomic E-state index is 6.12. The monoisotopic (exact) mass is 453 g/mol. The van der Waals surface area contributed by atoms with Gasteiger partial charge in [0.1, 0.15) is 0 Å². The Balaban J connectivity index is 1.57. The zero-order valence-electron chi connectivity index (χ0n) is 14.5. The van der Waals surface area contributed by atoms with Crippen molar-refractivity contribution < 1.29 is 4.74 Å². The van der Waals surface area contributed by atoms with Crippen LogP contribution >= 0.6 is 39.7 Å². The van der Waals surface area contributed by atoms with Crippen LogP contribution in [0.5, 0.6) is 0 Å². The molecule has 1 aliphatic rings. The van der Waals surface area contributed by atoms with E-state index in [9.17, 15) is 0 Å². The van der Waals surface area contributed by atoms with E-state index in [2.05, 4.69) is 62.7 Å². The number of thiocarbonyl (C=S) groups is 1. The van der Waals surface area contributed by atoms with E-state index in [0.29, 0.717) is 10.1 Å². The highest BCUT2D eigenvalue weighted by Crippen LogP contribution is 2.25. The fraction of sp³-hybridized carbons (Fsp3) is 0.316. The van der Waals surface area contributed by atoms with Crippen molar-refractivity contribution in [3.8, 4) is 0 Å². The molecule has 1 aliphatic heterocycles. The summed E-state index contributed by atoms with van der Waals surface area (Å²) in [5, 5.41) is 7.68. The molecule has 1 saturated heterocycles. The molecule has 3 rings (SSSR count). The van der Waals surface area contributed by atoms with Gasteiger partial charge in [-0.05, 0) is 71.0 Å². The van der Waals surface area contributed by atoms with Gasteiger partial charge in [0.15, 0.2) is 5.11 Å². The molecule has 1 atom stereocenters. The second-order valence-corrected chi connectivity index (χ2v) is 7.81. The molecule has 2 aromatic rings. The lowest BCUT2D eigenvalue weighted by Crippen LogP contribution is -2.36. The van der Waals surface area contributed by atoms with Crippen molar-refractivity contribution in [2.45, 2.75) is 13.0 Å². The van der Waals surface area contributed by atoms with Gasteiger partial charge < -0.3 is 20.3 Å². The normalized spacial score (nSPS) is 15.4. The van der Waals surface area contributed by atoms with E-state index in [1.165, 1.54) is 11.3 Å². The fourth-order valence-corrected chi connectivity index (χ4v) is 3.54. The van der Waals surface area contributed by atoms with Crippen molar-refractivity contribution in [2.75, 3.05) is 36.5 Å². The first-order chi connectivity index (χ1) is 12.5. The maximum Gasteiger partial charge on any atom is 0.171 e. The summed E-state index contributed by atoms with van der Waals surface area (Å²) in [4.78, 5) is 2.34. The summed E-state index contributed by atoms with van der Waals surface area (Å²) < 4.78 is 6.26. The number of anilines is 2. The quantitative estimate of drug-likeness (QED) is 0.637. The van der Waals surface area contributed by atoms with Crippen LogP contribution in [0.2, 0.25) is 5.02 Å². The summed E-state index contributed by atoms with van der Waals surface area (Å²) in [6, 6.07) is 14.3. The Kier molecular flexibility index (Phi) is 6.75. The SMILES string of the molecule is C[C@H](NC(=S)Nc1ccc(Br)c(Cl)c1)c1ccc(N2CCOCC2)cc1. The molecule has 0 bridgehead atoms. The third kappa shape index (κ3) is 5.10. The number of rotatable bonds is 4. The molecule has 2 N–H and O–H groups in total. The Bertz CT molecular complexity index is 766. The number of nitrogens with one attached hydrogen (secondary N) is 2. The molecule has 0 aliphatic carbocycles. The van der Waals surface area contributed by atoms with E-state index in [0.717, 1.165) is 36.5 Å². The van der Waals surface area contributed by atoms with Crippen molar-refractivity contribution in [3.63, 3.8) is 0 Å². The molecular formula is C19H21BrClN3OS. The first-order valence-electron chi connectivity index (χ1n) is 8.48. The number of hydrogen-bond acceptors (Lipinski definition) is 3. The summed E-state index contributed by atoms with van der Waals surface area (Å²) in [6.07, 6.45) is 0. The average Bonchev–Trinajstić information content (AvgIpc) is 2.65. The lowest BCUT2D eigenvalue weighted by Gasteiger charge is -2.29. The largest absolute Gasteiger partial charge is 0.378 e. The standard InChI is InChI=1S/C19H21BrClN3OS/c1-13(22-19(26)23-15-4-7-17(20)18(21)12-15)14-2-5-16(6-3-14)24-8-10-25-11-9-24/h2-7,12-13H,8-11H2,1H3,(H2,22,23,26)/t13-/m0/s1. The van der Waals surface area contributed by atoms with Gasteiger partial charge in [0.05, 0.1) is 24.3 Å². The second-order valence-electron chi connectivity index (χ2n) is 6.14. The Morgan fingerprint density at radius 2 is 1.88 bits per heavy atom. The first-order valence-corrected chi connectivity index (χ1v) is 10.1. The van der Waals surface area contributed by atoms with Crippen LogP contribution in [0.3, 0.4) is 0 Å². The molecule has 4 nitrogen and oxygen atoms in total. The first kappa shape index (κ1) is 19.4. The van der Waals surface area contributed by atoms with Crippen LogP contribution in [0.1, 0.15) is 18.5 Å². The van der Waals surface area contributed by atoms with Gasteiger partial charge in [0, 0.05) is 28.9 Å². The molecule has 1 fully saturated rings. The third-order valence-corrected chi connectivity index (χ3v) is 5.75. The fourth-order valence-electron chi connectivity index (χ4n) is 2.82. The van der Waals surface area contributed by atoms with Crippen LogP contribution in [0.25, 0.3) is 0 Å². The summed E-state index contributed by atoms with van der Waals surface area (Å²) >= 11 is 14.9. The van der Waals surface area contributed by atoms with Crippen molar-refractivity contribution in [1.82, 2.24) is 5.32 Å². The highest BCUT2D eigenvalue weighted by molar-refractivity contribution is 9.10. The van der Waals surface area contributed by atoms with Gasteiger partial charge in [-0.2, -0.15) is 0 Å². The third-order valence-electron chi connectivity index (χ3n) is 4.29. The van der Waals surface area contributed by atoms with Gasteiger partial charge >= 0.3 is 0 Å². The van der Waals surface area contributed by atoms with Crippen molar-refractivity contribution in [1.29, 1.82) is 0 Å². The van der Waals surface area contributed by atoms with Crippen LogP contribution in [0.15, 0.2) is 46.9 Å². The van der Waals surface area contributed by atoms with E-state index in [-0.39, 0.29) is 6.04 Å². The van der Waals surface area contributed by atoms with Crippen LogP contribution < -0.4 is 15.5 Å². The summed E-state index contributed by atoms with van der Waals surface area (Å²) in [5.41, 5.74) is 3.26. The van der Waals surface area contributed by atoms with E-state index in [1.807, 2.05) is 18.2 Å². The van der Waals surface area contributed by atoms with E-state index in [4.69, 9.17) is 28.6 Å². The second kappa shape index (κ2) is 9.04. The number of nitrogens with zero attached hydrogens (tertiary/aromatic N) is 1. The molecule has 0 unspecified atom stereocenters. The maximum atomic E-state index is 6.12. The molecule has 0 aromatic heterocycles. The minimum Gasteiger partial charge on any atom is -0.378 e. The molecule has 26 heavy (non-hydrogen) atoms. The molecule has 0 spiro atoms. The van der Waals surface area contributed by atoms with Crippen molar-refractivity contribution in [2.24, 2.45) is 0 Å². The molecular weight excluding hydrogens is 434 g/mol. The summed E-state index contributed by atoms with van der Waals surface area (Å²) in [6.45, 7) is 5.56. The average molecular weight is 455 g/mol. The zero-order valence-corrected chi connectivity index (χ0v) is 17.6. The van der Waals surface area contributed by atoms with Gasteiger partial charge in [-0.3, -0.25) is 0 Å². The topological polar surface area (TPSA) is 36.5 Å². The van der Waals surface area contributed by atoms with Gasteiger partial charge in [-0.15, -0.1) is 0 Å². The Hall–Kier alpha value is -1.34. The van der Waals surface area contributed by atoms with Gasteiger partial charge in [0.25, 0.3) is 0 Å². The highest BCUT2D eigenvalue weighted by Gasteiger charge is 2.12. The van der Waals surface area contributed by atoms with Crippen molar-refractivity contribution in [3.05, 3.63) is 57.5 Å². The number of benzene rings is 2. The number of halogens is 2. The highest BCUT2D eigenvalue weighted by atomic mass is 79.9. The predicted octanol–water partition coefficient (Wildman–Crippen LogP) is 4.99. The Morgan fingerprint density at radius 1 is 1.19 bits per heavy atom.